The number of pyridine rings is 1. The van der Waals surface area contributed by atoms with Crippen LogP contribution in [0.1, 0.15) is 19.3 Å². The van der Waals surface area contributed by atoms with Crippen molar-refractivity contribution in [1.29, 1.82) is 0 Å². The number of hydrogen-bond acceptors (Lipinski definition) is 5. The minimum Gasteiger partial charge on any atom is -0.356 e. The third-order valence-electron chi connectivity index (χ3n) is 3.58. The van der Waals surface area contributed by atoms with Crippen LogP contribution in [0.3, 0.4) is 0 Å². The van der Waals surface area contributed by atoms with Gasteiger partial charge in [-0.15, -0.1) is 0 Å². The first-order valence-corrected chi connectivity index (χ1v) is 8.93. The number of carbonyl (C=O) groups excluding carboxylic acids is 1. The lowest BCUT2D eigenvalue weighted by Crippen LogP contribution is -2.39. The van der Waals surface area contributed by atoms with Crippen molar-refractivity contribution in [2.75, 3.05) is 26.2 Å². The minimum absolute atomic E-state index is 0.0754. The Kier molecular flexibility index (Phi) is 6.29. The zero-order valence-corrected chi connectivity index (χ0v) is 13.2. The van der Waals surface area contributed by atoms with E-state index in [1.54, 1.807) is 6.07 Å². The van der Waals surface area contributed by atoms with Crippen LogP contribution in [0.5, 0.6) is 0 Å². The molecule has 0 saturated carbocycles. The molecule has 1 fully saturated rings. The van der Waals surface area contributed by atoms with E-state index < -0.39 is 10.0 Å². The smallest absolute Gasteiger partial charge is 0.242 e. The molecule has 1 saturated heterocycles. The van der Waals surface area contributed by atoms with Crippen LogP contribution in [-0.2, 0) is 14.8 Å². The van der Waals surface area contributed by atoms with Crippen molar-refractivity contribution >= 4 is 15.9 Å². The summed E-state index contributed by atoms with van der Waals surface area (Å²) >= 11 is 0. The maximum absolute atomic E-state index is 11.9. The van der Waals surface area contributed by atoms with E-state index in [0.29, 0.717) is 12.5 Å². The highest BCUT2D eigenvalue weighted by Gasteiger charge is 2.15. The van der Waals surface area contributed by atoms with Gasteiger partial charge in [0.05, 0.1) is 0 Å². The zero-order valence-electron chi connectivity index (χ0n) is 12.4. The van der Waals surface area contributed by atoms with Crippen LogP contribution < -0.4 is 15.4 Å². The fourth-order valence-electron chi connectivity index (χ4n) is 2.33. The molecule has 2 heterocycles. The first kappa shape index (κ1) is 16.9. The molecule has 0 bridgehead atoms. The molecule has 7 nitrogen and oxygen atoms in total. The maximum atomic E-state index is 11.9. The molecule has 1 aliphatic rings. The van der Waals surface area contributed by atoms with Crippen LogP contribution in [-0.4, -0.2) is 45.5 Å². The van der Waals surface area contributed by atoms with Crippen molar-refractivity contribution in [2.24, 2.45) is 5.92 Å². The summed E-state index contributed by atoms with van der Waals surface area (Å²) in [6, 6.07) is 3.02. The Balaban J connectivity index is 1.68. The van der Waals surface area contributed by atoms with E-state index in [1.807, 2.05) is 0 Å². The Bertz CT molecular complexity index is 571. The molecular formula is C14H22N4O3S. The lowest BCUT2D eigenvalue weighted by molar-refractivity contribution is -0.121. The predicted octanol–water partition coefficient (Wildman–Crippen LogP) is -0.134. The van der Waals surface area contributed by atoms with Gasteiger partial charge >= 0.3 is 0 Å². The molecule has 1 atom stereocenters. The molecule has 0 aromatic carbocycles. The lowest BCUT2D eigenvalue weighted by atomic mass is 10.00. The quantitative estimate of drug-likeness (QED) is 0.648. The van der Waals surface area contributed by atoms with Crippen molar-refractivity contribution in [1.82, 2.24) is 20.3 Å². The number of nitrogens with zero attached hydrogens (tertiary/aromatic N) is 1. The highest BCUT2D eigenvalue weighted by Crippen LogP contribution is 2.08. The topological polar surface area (TPSA) is 100 Å². The van der Waals surface area contributed by atoms with Gasteiger partial charge in [-0.3, -0.25) is 9.78 Å². The van der Waals surface area contributed by atoms with Crippen LogP contribution in [0.25, 0.3) is 0 Å². The molecule has 8 heteroatoms. The largest absolute Gasteiger partial charge is 0.356 e. The highest BCUT2D eigenvalue weighted by molar-refractivity contribution is 7.89. The van der Waals surface area contributed by atoms with E-state index in [4.69, 9.17) is 0 Å². The number of piperidine rings is 1. The number of carbonyl (C=O) groups is 1. The van der Waals surface area contributed by atoms with Crippen molar-refractivity contribution < 1.29 is 13.2 Å². The van der Waals surface area contributed by atoms with Crippen molar-refractivity contribution in [2.45, 2.75) is 24.2 Å². The van der Waals surface area contributed by atoms with Gasteiger partial charge in [-0.05, 0) is 44.0 Å². The van der Waals surface area contributed by atoms with Crippen LogP contribution in [0.2, 0.25) is 0 Å². The van der Waals surface area contributed by atoms with E-state index in [2.05, 4.69) is 20.3 Å². The second-order valence-electron chi connectivity index (χ2n) is 5.35. The molecule has 0 aliphatic carbocycles. The number of rotatable bonds is 7. The molecule has 3 N–H and O–H groups in total. The third-order valence-corrected chi connectivity index (χ3v) is 5.02. The number of nitrogens with one attached hydrogen (secondary N) is 3. The summed E-state index contributed by atoms with van der Waals surface area (Å²) in [6.07, 6.45) is 5.15. The van der Waals surface area contributed by atoms with Gasteiger partial charge in [0.1, 0.15) is 4.90 Å². The zero-order chi connectivity index (χ0) is 15.8. The van der Waals surface area contributed by atoms with Gasteiger partial charge in [0.25, 0.3) is 0 Å². The van der Waals surface area contributed by atoms with Gasteiger partial charge < -0.3 is 10.6 Å². The van der Waals surface area contributed by atoms with Crippen molar-refractivity contribution in [3.8, 4) is 0 Å². The second kappa shape index (κ2) is 8.21. The van der Waals surface area contributed by atoms with Gasteiger partial charge in [-0.25, -0.2) is 13.1 Å². The maximum Gasteiger partial charge on any atom is 0.242 e. The summed E-state index contributed by atoms with van der Waals surface area (Å²) in [7, 11) is -3.59. The fraction of sp³-hybridized carbons (Fsp3) is 0.571. The Morgan fingerprint density at radius 1 is 1.45 bits per heavy atom. The fourth-order valence-corrected chi connectivity index (χ4v) is 3.33. The molecule has 122 valence electrons. The molecular weight excluding hydrogens is 304 g/mol. The van der Waals surface area contributed by atoms with Gasteiger partial charge in [-0.1, -0.05) is 0 Å². The van der Waals surface area contributed by atoms with Gasteiger partial charge in [0, 0.05) is 31.9 Å². The molecule has 0 spiro atoms. The number of aromatic nitrogens is 1. The lowest BCUT2D eigenvalue weighted by Gasteiger charge is -2.22. The van der Waals surface area contributed by atoms with Crippen LogP contribution in [0.4, 0.5) is 0 Å². The first-order chi connectivity index (χ1) is 10.6. The minimum atomic E-state index is -3.59. The van der Waals surface area contributed by atoms with E-state index in [1.165, 1.54) is 18.5 Å². The number of sulfonamides is 1. The molecule has 1 aliphatic heterocycles. The first-order valence-electron chi connectivity index (χ1n) is 7.45. The Morgan fingerprint density at radius 2 is 2.32 bits per heavy atom. The third kappa shape index (κ3) is 5.36. The van der Waals surface area contributed by atoms with Crippen LogP contribution in [0.15, 0.2) is 29.4 Å². The molecule has 2 rings (SSSR count). The van der Waals surface area contributed by atoms with Crippen LogP contribution >= 0.6 is 0 Å². The standard InChI is InChI=1S/C14H22N4O3S/c19-14(17-10-12-3-1-6-15-9-12)5-8-18-22(20,21)13-4-2-7-16-11-13/h2,4,7,11-12,15,18H,1,3,5-6,8-10H2,(H,17,19). The highest BCUT2D eigenvalue weighted by atomic mass is 32.2. The van der Waals surface area contributed by atoms with E-state index in [9.17, 15) is 13.2 Å². The average molecular weight is 326 g/mol. The number of hydrogen-bond donors (Lipinski definition) is 3. The molecule has 1 unspecified atom stereocenters. The molecule has 22 heavy (non-hydrogen) atoms. The van der Waals surface area contributed by atoms with E-state index >= 15 is 0 Å². The summed E-state index contributed by atoms with van der Waals surface area (Å²) in [4.78, 5) is 15.6. The molecule has 1 aromatic heterocycles. The van der Waals surface area contributed by atoms with Crippen molar-refractivity contribution in [3.63, 3.8) is 0 Å². The van der Waals surface area contributed by atoms with E-state index in [0.717, 1.165) is 25.9 Å². The monoisotopic (exact) mass is 326 g/mol. The summed E-state index contributed by atoms with van der Waals surface area (Å²) in [6.45, 7) is 2.68. The summed E-state index contributed by atoms with van der Waals surface area (Å²) in [5.74, 6) is 0.323. The van der Waals surface area contributed by atoms with Gasteiger partial charge in [0.15, 0.2) is 0 Å². The summed E-state index contributed by atoms with van der Waals surface area (Å²) < 4.78 is 26.3. The number of amides is 1. The second-order valence-corrected chi connectivity index (χ2v) is 7.12. The molecule has 1 aromatic rings. The Labute approximate surface area is 131 Å². The van der Waals surface area contributed by atoms with Crippen LogP contribution in [0, 0.1) is 5.92 Å². The van der Waals surface area contributed by atoms with E-state index in [-0.39, 0.29) is 23.8 Å². The Hall–Kier alpha value is -1.51. The van der Waals surface area contributed by atoms with Gasteiger partial charge in [0.2, 0.25) is 15.9 Å². The molecule has 0 radical (unpaired) electrons. The normalized spacial score (nSPS) is 18.8. The molecule has 1 amide bonds. The predicted molar refractivity (Wildman–Crippen MR) is 82.6 cm³/mol. The Morgan fingerprint density at radius 3 is 3.00 bits per heavy atom. The van der Waals surface area contributed by atoms with Gasteiger partial charge in [-0.2, -0.15) is 0 Å². The van der Waals surface area contributed by atoms with Crippen molar-refractivity contribution in [3.05, 3.63) is 24.5 Å². The SMILES string of the molecule is O=C(CCNS(=O)(=O)c1cccnc1)NCC1CCCNC1. The average Bonchev–Trinajstić information content (AvgIpc) is 2.54. The summed E-state index contributed by atoms with van der Waals surface area (Å²) in [5.41, 5.74) is 0. The summed E-state index contributed by atoms with van der Waals surface area (Å²) in [5, 5.41) is 6.14.